The van der Waals surface area contributed by atoms with Crippen LogP contribution in [0.1, 0.15) is 65.7 Å². The standard InChI is InChI=1S/C25H26F3N5O3.C25H29N5O3/c1-32(2)22-19(14-21(34)35)23(33(3)4)31-20(30-22)13-15-5-11-18(12-6-15)29-24(36)16-7-9-17(10-8-16)25(26,27)28;1-16-6-10-18(11-7-16)25(33)26-19-12-8-17(9-13-19)14-21-27-23(29(2)3)20(15-22(31)32)24(28-21)30(4)5/h5-12H,13-14H2,1-4H3,(H,29,36)(H,34,35);6-13H,14-15H2,1-5H3,(H,26,33)(H,31,32)/i21+1,24+1;2+1,3+1,4+1,5+1,22+1,25+1. The van der Waals surface area contributed by atoms with Gasteiger partial charge in [-0.3, -0.25) is 19.2 Å². The van der Waals surface area contributed by atoms with E-state index in [1.807, 2.05) is 71.5 Å². The normalized spacial score (nSPS) is 10.9. The van der Waals surface area contributed by atoms with Crippen LogP contribution in [0.4, 0.5) is 47.8 Å². The van der Waals surface area contributed by atoms with Gasteiger partial charge in [0.2, 0.25) is 0 Å². The summed E-state index contributed by atoms with van der Waals surface area (Å²) in [6.07, 6.45) is -4.00. The molecule has 16 nitrogen and oxygen atoms in total. The van der Waals surface area contributed by atoms with Gasteiger partial charge >= 0.3 is 18.1 Å². The Hall–Kier alpha value is -8.09. The number of anilines is 6. The van der Waals surface area contributed by atoms with E-state index in [1.165, 1.54) is 0 Å². The average molecular weight is 957 g/mol. The van der Waals surface area contributed by atoms with Crippen molar-refractivity contribution in [1.29, 1.82) is 0 Å². The number of rotatable bonds is 16. The minimum Gasteiger partial charge on any atom is -0.481 e. The third-order valence-electron chi connectivity index (χ3n) is 10.3. The van der Waals surface area contributed by atoms with Gasteiger partial charge in [-0.05, 0) is 78.7 Å². The zero-order chi connectivity index (χ0) is 50.7. The molecule has 0 spiro atoms. The molecule has 69 heavy (non-hydrogen) atoms. The van der Waals surface area contributed by atoms with Gasteiger partial charge in [0.05, 0.1) is 18.4 Å². The molecule has 0 aliphatic carbocycles. The summed E-state index contributed by atoms with van der Waals surface area (Å²) in [5, 5.41) is 24.2. The molecule has 0 saturated heterocycles. The minimum absolute atomic E-state index is 0.106. The number of carbonyl (C=O) groups excluding carboxylic acids is 2. The maximum absolute atomic E-state index is 12.7. The van der Waals surface area contributed by atoms with Crippen LogP contribution < -0.4 is 30.2 Å². The Morgan fingerprint density at radius 3 is 1.07 bits per heavy atom. The summed E-state index contributed by atoms with van der Waals surface area (Å²) >= 11 is 0. The SMILES string of the molecule is CN(C)c1nc(Cc2ccc(N[13C](=O)c3ccc(C(F)(F)F)cc3)cc2)nc(N(C)C)c1C[13C](=O)O.Cc1ccc([13C](=O)Nc2ccc(Cc3nc(N([13CH3])[13CH3])c(C[13C](=O)O)c(N([13CH3])[13CH3])n3)cc2)cc1. The molecule has 0 aliphatic heterocycles. The van der Waals surface area contributed by atoms with Crippen LogP contribution in [0.25, 0.3) is 0 Å². The van der Waals surface area contributed by atoms with E-state index in [2.05, 4.69) is 30.6 Å². The molecule has 0 aliphatic rings. The zero-order valence-corrected chi connectivity index (χ0v) is 39.8. The second-order valence-corrected chi connectivity index (χ2v) is 16.8. The van der Waals surface area contributed by atoms with Gasteiger partial charge in [-0.2, -0.15) is 13.2 Å². The van der Waals surface area contributed by atoms with Crippen LogP contribution in [-0.2, 0) is 41.4 Å². The third kappa shape index (κ3) is 14.5. The highest BCUT2D eigenvalue weighted by molar-refractivity contribution is 6.05. The summed E-state index contributed by atoms with van der Waals surface area (Å²) in [5.41, 5.74) is 5.08. The van der Waals surface area contributed by atoms with Crippen molar-refractivity contribution in [3.63, 3.8) is 0 Å². The Balaban J connectivity index is 0.000000258. The predicted molar refractivity (Wildman–Crippen MR) is 261 cm³/mol. The van der Waals surface area contributed by atoms with Gasteiger partial charge in [-0.15, -0.1) is 0 Å². The number of aromatic nitrogens is 4. The van der Waals surface area contributed by atoms with Crippen molar-refractivity contribution in [2.45, 2.75) is 38.8 Å². The lowest BCUT2D eigenvalue weighted by atomic mass is 10.1. The van der Waals surface area contributed by atoms with E-state index in [9.17, 15) is 42.6 Å². The summed E-state index contributed by atoms with van der Waals surface area (Å²) in [6, 6.07) is 25.8. The third-order valence-corrected chi connectivity index (χ3v) is 10.3. The molecular weight excluding hydrogens is 902 g/mol. The lowest BCUT2D eigenvalue weighted by Crippen LogP contribution is -2.22. The van der Waals surface area contributed by atoms with Crippen molar-refractivity contribution in [2.24, 2.45) is 0 Å². The van der Waals surface area contributed by atoms with E-state index in [1.54, 1.807) is 84.2 Å². The van der Waals surface area contributed by atoms with E-state index in [4.69, 9.17) is 0 Å². The highest BCUT2D eigenvalue weighted by Gasteiger charge is 2.30. The summed E-state index contributed by atoms with van der Waals surface area (Å²) < 4.78 is 38.1. The Bertz CT molecular complexity index is 2710. The quantitative estimate of drug-likeness (QED) is 0.0697. The zero-order valence-electron chi connectivity index (χ0n) is 39.8. The number of carboxylic acid groups (broad SMARTS) is 2. The van der Waals surface area contributed by atoms with Crippen molar-refractivity contribution in [3.05, 3.63) is 153 Å². The van der Waals surface area contributed by atoms with Crippen LogP contribution in [-0.4, -0.2) is 110 Å². The van der Waals surface area contributed by atoms with E-state index in [-0.39, 0.29) is 24.3 Å². The molecule has 0 saturated carbocycles. The number of aliphatic carboxylic acids is 2. The molecule has 6 aromatic rings. The van der Waals surface area contributed by atoms with Crippen molar-refractivity contribution < 1.29 is 42.6 Å². The lowest BCUT2D eigenvalue weighted by molar-refractivity contribution is -0.138. The lowest BCUT2D eigenvalue weighted by Gasteiger charge is -2.22. The minimum atomic E-state index is -4.47. The molecular formula is C50H55F3N10O6. The van der Waals surface area contributed by atoms with Crippen LogP contribution in [0, 0.1) is 6.92 Å². The number of nitrogens with zero attached hydrogens (tertiary/aromatic N) is 8. The summed E-state index contributed by atoms with van der Waals surface area (Å²) in [7, 11) is 14.5. The fraction of sp³-hybridized carbons (Fsp3) is 0.280. The van der Waals surface area contributed by atoms with Crippen LogP contribution in [0.3, 0.4) is 0 Å². The highest BCUT2D eigenvalue weighted by atomic mass is 19.4. The number of halogens is 3. The number of nitrogens with one attached hydrogen (secondary N) is 2. The van der Waals surface area contributed by atoms with Gasteiger partial charge in [0.25, 0.3) is 11.8 Å². The number of aryl methyl sites for hydroxylation is 1. The van der Waals surface area contributed by atoms with Gasteiger partial charge in [0, 0.05) is 103 Å². The molecule has 19 heteroatoms. The first kappa shape index (κ1) is 51.9. The molecule has 0 fully saturated rings. The highest BCUT2D eigenvalue weighted by Crippen LogP contribution is 2.31. The van der Waals surface area contributed by atoms with E-state index < -0.39 is 29.6 Å². The molecule has 0 atom stereocenters. The summed E-state index contributed by atoms with van der Waals surface area (Å²) in [6.45, 7) is 1.98. The van der Waals surface area contributed by atoms with Crippen LogP contribution >= 0.6 is 0 Å². The average Bonchev–Trinajstić information content (AvgIpc) is 3.28. The Kier molecular flexibility index (Phi) is 17.0. The molecule has 0 radical (unpaired) electrons. The number of carboxylic acids is 2. The van der Waals surface area contributed by atoms with Gasteiger partial charge in [-0.1, -0.05) is 42.0 Å². The second-order valence-electron chi connectivity index (χ2n) is 16.8. The Morgan fingerprint density at radius 2 is 0.797 bits per heavy atom. The summed E-state index contributed by atoms with van der Waals surface area (Å²) in [5.74, 6) is 0.712. The Labute approximate surface area is 398 Å². The molecule has 362 valence electrons. The number of carbonyl (C=O) groups is 4. The number of hydrogen-bond acceptors (Lipinski definition) is 12. The van der Waals surface area contributed by atoms with Crippen molar-refractivity contribution >= 4 is 58.4 Å². The van der Waals surface area contributed by atoms with Crippen molar-refractivity contribution in [2.75, 3.05) is 86.6 Å². The van der Waals surface area contributed by atoms with Gasteiger partial charge in [0.15, 0.2) is 0 Å². The van der Waals surface area contributed by atoms with Gasteiger partial charge in [0.1, 0.15) is 34.9 Å². The monoisotopic (exact) mass is 956 g/mol. The largest absolute Gasteiger partial charge is 0.481 e. The topological polar surface area (TPSA) is 197 Å². The van der Waals surface area contributed by atoms with E-state index in [0.717, 1.165) is 41.0 Å². The first-order valence-corrected chi connectivity index (χ1v) is 21.5. The molecule has 2 heterocycles. The number of alkyl halides is 3. The maximum Gasteiger partial charge on any atom is 0.416 e. The van der Waals surface area contributed by atoms with Crippen molar-refractivity contribution in [1.82, 2.24) is 19.9 Å². The molecule has 0 bridgehead atoms. The Morgan fingerprint density at radius 1 is 0.493 bits per heavy atom. The molecule has 0 unspecified atom stereocenters. The fourth-order valence-corrected chi connectivity index (χ4v) is 6.96. The first-order valence-electron chi connectivity index (χ1n) is 21.5. The number of amides is 2. The van der Waals surface area contributed by atoms with E-state index in [0.29, 0.717) is 75.8 Å². The van der Waals surface area contributed by atoms with Crippen molar-refractivity contribution in [3.8, 4) is 0 Å². The predicted octanol–water partition coefficient (Wildman–Crippen LogP) is 7.48. The maximum atomic E-state index is 12.7. The molecule has 4 aromatic carbocycles. The van der Waals surface area contributed by atoms with Gasteiger partial charge < -0.3 is 40.4 Å². The summed E-state index contributed by atoms with van der Waals surface area (Å²) in [4.78, 5) is 73.1. The number of hydrogen-bond donors (Lipinski definition) is 4. The van der Waals surface area contributed by atoms with Crippen LogP contribution in [0.5, 0.6) is 0 Å². The first-order chi connectivity index (χ1) is 32.5. The van der Waals surface area contributed by atoms with Gasteiger partial charge in [-0.25, -0.2) is 19.9 Å². The molecule has 6 rings (SSSR count). The molecule has 2 amide bonds. The molecule has 4 N–H and O–H groups in total. The molecule has 2 aromatic heterocycles. The smallest absolute Gasteiger partial charge is 0.416 e. The fourth-order valence-electron chi connectivity index (χ4n) is 6.96. The van der Waals surface area contributed by atoms with E-state index >= 15 is 0 Å². The second kappa shape index (κ2) is 22.6. The van der Waals surface area contributed by atoms with Crippen LogP contribution in [0.15, 0.2) is 97.1 Å². The number of benzene rings is 4. The van der Waals surface area contributed by atoms with Crippen LogP contribution in [0.2, 0.25) is 0 Å².